The smallest absolute Gasteiger partial charge is 0.311 e. The van der Waals surface area contributed by atoms with Gasteiger partial charge < -0.3 is 4.74 Å². The van der Waals surface area contributed by atoms with Gasteiger partial charge in [0.25, 0.3) is 0 Å². The van der Waals surface area contributed by atoms with E-state index in [2.05, 4.69) is 4.98 Å². The number of thiazole rings is 1. The SMILES string of the molecule is CCOC(=O)Cc1cn2c(C=O)c(-c3cc(C)ccc3C)nc2s1. The lowest BCUT2D eigenvalue weighted by Crippen LogP contribution is -2.06. The Balaban J connectivity index is 2.05. The third-order valence-corrected chi connectivity index (χ3v) is 4.78. The minimum Gasteiger partial charge on any atom is -0.466 e. The van der Waals surface area contributed by atoms with Crippen molar-refractivity contribution in [3.8, 4) is 11.3 Å². The molecule has 24 heavy (non-hydrogen) atoms. The van der Waals surface area contributed by atoms with E-state index in [1.807, 2.05) is 32.0 Å². The number of rotatable bonds is 5. The number of hydrogen-bond donors (Lipinski definition) is 0. The van der Waals surface area contributed by atoms with Crippen LogP contribution in [-0.4, -0.2) is 28.2 Å². The van der Waals surface area contributed by atoms with Crippen LogP contribution in [0.15, 0.2) is 24.4 Å². The van der Waals surface area contributed by atoms with Gasteiger partial charge in [-0.25, -0.2) is 4.98 Å². The van der Waals surface area contributed by atoms with Crippen molar-refractivity contribution in [2.45, 2.75) is 27.2 Å². The number of nitrogens with zero attached hydrogens (tertiary/aromatic N) is 2. The number of carbonyl (C=O) groups is 2. The van der Waals surface area contributed by atoms with E-state index >= 15 is 0 Å². The normalized spacial score (nSPS) is 11.0. The van der Waals surface area contributed by atoms with Gasteiger partial charge in [-0.05, 0) is 32.4 Å². The molecule has 0 spiro atoms. The zero-order valence-corrected chi connectivity index (χ0v) is 14.6. The fourth-order valence-corrected chi connectivity index (χ4v) is 3.62. The van der Waals surface area contributed by atoms with Gasteiger partial charge >= 0.3 is 5.97 Å². The van der Waals surface area contributed by atoms with E-state index in [9.17, 15) is 9.59 Å². The van der Waals surface area contributed by atoms with Crippen molar-refractivity contribution in [1.82, 2.24) is 9.38 Å². The molecule has 3 rings (SSSR count). The molecule has 0 N–H and O–H groups in total. The number of carbonyl (C=O) groups excluding carboxylic acids is 2. The molecule has 0 aliphatic carbocycles. The molecule has 2 aromatic heterocycles. The van der Waals surface area contributed by atoms with Crippen LogP contribution >= 0.6 is 11.3 Å². The van der Waals surface area contributed by atoms with E-state index in [1.54, 1.807) is 17.5 Å². The lowest BCUT2D eigenvalue weighted by molar-refractivity contribution is -0.142. The zero-order chi connectivity index (χ0) is 17.3. The molecule has 0 saturated carbocycles. The Bertz CT molecular complexity index is 924. The van der Waals surface area contributed by atoms with E-state index in [-0.39, 0.29) is 12.4 Å². The van der Waals surface area contributed by atoms with Crippen LogP contribution in [0.4, 0.5) is 0 Å². The molecule has 0 atom stereocenters. The molecule has 0 aliphatic rings. The lowest BCUT2D eigenvalue weighted by Gasteiger charge is -2.05. The summed E-state index contributed by atoms with van der Waals surface area (Å²) >= 11 is 1.40. The van der Waals surface area contributed by atoms with Crippen molar-refractivity contribution < 1.29 is 14.3 Å². The largest absolute Gasteiger partial charge is 0.466 e. The Kier molecular flexibility index (Phi) is 4.49. The van der Waals surface area contributed by atoms with Gasteiger partial charge in [0.15, 0.2) is 11.2 Å². The van der Waals surface area contributed by atoms with Gasteiger partial charge in [0.2, 0.25) is 0 Å². The lowest BCUT2D eigenvalue weighted by atomic mass is 10.0. The van der Waals surface area contributed by atoms with E-state index in [0.29, 0.717) is 23.0 Å². The van der Waals surface area contributed by atoms with Crippen LogP contribution in [-0.2, 0) is 16.0 Å². The third-order valence-electron chi connectivity index (χ3n) is 3.79. The highest BCUT2D eigenvalue weighted by Gasteiger charge is 2.18. The minimum atomic E-state index is -0.274. The Morgan fingerprint density at radius 3 is 2.88 bits per heavy atom. The number of aldehydes is 1. The molecule has 0 saturated heterocycles. The maximum absolute atomic E-state index is 11.7. The fourth-order valence-electron chi connectivity index (χ4n) is 2.65. The average molecular weight is 342 g/mol. The molecule has 3 aromatic rings. The first-order chi connectivity index (χ1) is 11.5. The second-order valence-corrected chi connectivity index (χ2v) is 6.71. The number of hydrogen-bond acceptors (Lipinski definition) is 5. The maximum Gasteiger partial charge on any atom is 0.311 e. The van der Waals surface area contributed by atoms with Crippen LogP contribution in [0.3, 0.4) is 0 Å². The van der Waals surface area contributed by atoms with Crippen molar-refractivity contribution in [3.05, 3.63) is 46.1 Å². The van der Waals surface area contributed by atoms with Crippen molar-refractivity contribution in [3.63, 3.8) is 0 Å². The monoisotopic (exact) mass is 342 g/mol. The topological polar surface area (TPSA) is 60.7 Å². The molecule has 1 aromatic carbocycles. The summed E-state index contributed by atoms with van der Waals surface area (Å²) in [7, 11) is 0. The number of ether oxygens (including phenoxy) is 1. The summed E-state index contributed by atoms with van der Waals surface area (Å²) in [5, 5.41) is 0. The highest BCUT2D eigenvalue weighted by atomic mass is 32.1. The third kappa shape index (κ3) is 2.97. The van der Waals surface area contributed by atoms with Gasteiger partial charge in [-0.15, -0.1) is 11.3 Å². The molecule has 0 bridgehead atoms. The number of fused-ring (bicyclic) bond motifs is 1. The zero-order valence-electron chi connectivity index (χ0n) is 13.8. The van der Waals surface area contributed by atoms with E-state index in [4.69, 9.17) is 4.74 Å². The average Bonchev–Trinajstić information content (AvgIpc) is 3.06. The van der Waals surface area contributed by atoms with Gasteiger partial charge in [0.1, 0.15) is 11.4 Å². The van der Waals surface area contributed by atoms with Crippen LogP contribution < -0.4 is 0 Å². The first-order valence-corrected chi connectivity index (χ1v) is 8.54. The molecule has 0 amide bonds. The van der Waals surface area contributed by atoms with Crippen molar-refractivity contribution in [1.29, 1.82) is 0 Å². The van der Waals surface area contributed by atoms with Crippen LogP contribution in [0.25, 0.3) is 16.2 Å². The predicted molar refractivity (Wildman–Crippen MR) is 93.7 cm³/mol. The van der Waals surface area contributed by atoms with E-state index < -0.39 is 0 Å². The van der Waals surface area contributed by atoms with Gasteiger partial charge in [-0.1, -0.05) is 17.7 Å². The van der Waals surface area contributed by atoms with Gasteiger partial charge in [-0.2, -0.15) is 0 Å². The van der Waals surface area contributed by atoms with Crippen molar-refractivity contribution in [2.24, 2.45) is 0 Å². The summed E-state index contributed by atoms with van der Waals surface area (Å²) in [4.78, 5) is 29.4. The predicted octanol–water partition coefficient (Wildman–Crippen LogP) is 3.60. The van der Waals surface area contributed by atoms with Crippen LogP contribution in [0.1, 0.15) is 33.4 Å². The Labute approximate surface area is 143 Å². The molecule has 5 nitrogen and oxygen atoms in total. The molecule has 0 unspecified atom stereocenters. The summed E-state index contributed by atoms with van der Waals surface area (Å²) < 4.78 is 6.72. The highest BCUT2D eigenvalue weighted by molar-refractivity contribution is 7.17. The molecule has 2 heterocycles. The quantitative estimate of drug-likeness (QED) is 0.525. The first-order valence-electron chi connectivity index (χ1n) is 7.72. The summed E-state index contributed by atoms with van der Waals surface area (Å²) in [6.45, 7) is 6.15. The molecule has 124 valence electrons. The van der Waals surface area contributed by atoms with Crippen LogP contribution in [0.5, 0.6) is 0 Å². The second-order valence-electron chi connectivity index (χ2n) is 5.61. The molecular formula is C18H18N2O3S. The Morgan fingerprint density at radius 2 is 2.17 bits per heavy atom. The maximum atomic E-state index is 11.7. The van der Waals surface area contributed by atoms with Crippen molar-refractivity contribution in [2.75, 3.05) is 6.61 Å². The number of aromatic nitrogens is 2. The number of esters is 1. The minimum absolute atomic E-state index is 0.193. The Hall–Kier alpha value is -2.47. The molecule has 6 heteroatoms. The van der Waals surface area contributed by atoms with Gasteiger partial charge in [0.05, 0.1) is 13.0 Å². The second kappa shape index (κ2) is 6.57. The number of benzene rings is 1. The molecule has 0 aliphatic heterocycles. The fraction of sp³-hybridized carbons (Fsp3) is 0.278. The Morgan fingerprint density at radius 1 is 1.38 bits per heavy atom. The molecule has 0 radical (unpaired) electrons. The van der Waals surface area contributed by atoms with Gasteiger partial charge in [-0.3, -0.25) is 14.0 Å². The van der Waals surface area contributed by atoms with E-state index in [0.717, 1.165) is 27.9 Å². The first kappa shape index (κ1) is 16.4. The van der Waals surface area contributed by atoms with Crippen molar-refractivity contribution >= 4 is 28.6 Å². The van der Waals surface area contributed by atoms with Crippen LogP contribution in [0, 0.1) is 13.8 Å². The van der Waals surface area contributed by atoms with Crippen LogP contribution in [0.2, 0.25) is 0 Å². The molecule has 0 fully saturated rings. The van der Waals surface area contributed by atoms with Gasteiger partial charge in [0, 0.05) is 16.6 Å². The van der Waals surface area contributed by atoms with E-state index in [1.165, 1.54) is 11.3 Å². The summed E-state index contributed by atoms with van der Waals surface area (Å²) in [6.07, 6.45) is 2.80. The highest BCUT2D eigenvalue weighted by Crippen LogP contribution is 2.30. The summed E-state index contributed by atoms with van der Waals surface area (Å²) in [6, 6.07) is 6.10. The standard InChI is InChI=1S/C18H18N2O3S/c1-4-23-16(22)8-13-9-20-15(10-21)17(19-18(20)24-13)14-7-11(2)5-6-12(14)3/h5-7,9-10H,4,8H2,1-3H3. The number of imidazole rings is 1. The summed E-state index contributed by atoms with van der Waals surface area (Å²) in [5.41, 5.74) is 4.33. The summed E-state index contributed by atoms with van der Waals surface area (Å²) in [5.74, 6) is -0.274. The number of aryl methyl sites for hydroxylation is 2. The molecular weight excluding hydrogens is 324 g/mol.